The molecule has 0 aromatic heterocycles. The molecule has 2 N–H and O–H groups in total. The first-order valence-corrected chi connectivity index (χ1v) is 22.3. The van der Waals surface area contributed by atoms with Gasteiger partial charge in [-0.05, 0) is 86.1 Å². The van der Waals surface area contributed by atoms with Crippen molar-refractivity contribution in [2.24, 2.45) is 0 Å². The molecule has 0 unspecified atom stereocenters. The average molecular weight is 781 g/mol. The van der Waals surface area contributed by atoms with Gasteiger partial charge in [0.05, 0.1) is 35.5 Å². The van der Waals surface area contributed by atoms with Crippen molar-refractivity contribution in [2.45, 2.75) is 195 Å². The van der Waals surface area contributed by atoms with Crippen molar-refractivity contribution in [3.05, 3.63) is 69.8 Å². The summed E-state index contributed by atoms with van der Waals surface area (Å²) in [5.74, 6) is -2.58. The number of esters is 2. The second kappa shape index (κ2) is 33.5. The van der Waals surface area contributed by atoms with Gasteiger partial charge in [-0.2, -0.15) is 0 Å². The molecule has 0 spiro atoms. The van der Waals surface area contributed by atoms with Gasteiger partial charge in [0.2, 0.25) is 0 Å². The van der Waals surface area contributed by atoms with E-state index in [1.807, 2.05) is 0 Å². The number of hydrogen-bond donors (Lipinski definition) is 2. The monoisotopic (exact) mass is 781 g/mol. The van der Waals surface area contributed by atoms with Crippen LogP contribution in [0, 0.1) is 0 Å². The van der Waals surface area contributed by atoms with Crippen molar-refractivity contribution < 1.29 is 38.9 Å². The van der Waals surface area contributed by atoms with E-state index in [0.717, 1.165) is 75.3 Å². The largest absolute Gasteiger partial charge is 0.478 e. The molecule has 0 fully saturated rings. The molecule has 0 amide bonds. The molecular formula is C48H76O8. The van der Waals surface area contributed by atoms with Gasteiger partial charge in [-0.15, -0.1) is 0 Å². The van der Waals surface area contributed by atoms with E-state index in [2.05, 4.69) is 27.7 Å². The van der Waals surface area contributed by atoms with E-state index in [9.17, 15) is 29.4 Å². The van der Waals surface area contributed by atoms with Crippen LogP contribution in [0.2, 0.25) is 0 Å². The van der Waals surface area contributed by atoms with Crippen molar-refractivity contribution in [1.29, 1.82) is 0 Å². The van der Waals surface area contributed by atoms with Crippen LogP contribution >= 0.6 is 0 Å². The number of hydrogen-bond acceptors (Lipinski definition) is 6. The fourth-order valence-corrected chi connectivity index (χ4v) is 6.83. The standard InChI is InChI=1S/2C24H38O4/c1-3-5-7-9-11-13-19-27-23(25)21-15-17-22(18-16-21)24(26)28-20-14-12-10-8-6-4-2;1-3-5-7-9-11-13-15-19-20(16-14-12-10-8-6-4-2)22(24(27)28)18-17-21(19)23(25)26/h15-18H,3-14,19-20H2,1-2H3;17-18H,3-16H2,1-2H3,(H,25,26)(H,27,28). The number of carboxylic acid groups (broad SMARTS) is 2. The van der Waals surface area contributed by atoms with E-state index < -0.39 is 11.9 Å². The van der Waals surface area contributed by atoms with E-state index in [1.54, 1.807) is 24.3 Å². The third-order valence-corrected chi connectivity index (χ3v) is 10.3. The molecule has 2 aromatic carbocycles. The molecule has 0 aliphatic heterocycles. The summed E-state index contributed by atoms with van der Waals surface area (Å²) in [4.78, 5) is 47.5. The number of unbranched alkanes of at least 4 members (excludes halogenated alkanes) is 20. The van der Waals surface area contributed by atoms with Crippen LogP contribution in [0.5, 0.6) is 0 Å². The van der Waals surface area contributed by atoms with Gasteiger partial charge in [-0.3, -0.25) is 0 Å². The summed E-state index contributed by atoms with van der Waals surface area (Å²) in [5, 5.41) is 19.2. The SMILES string of the molecule is CCCCCCCCOC(=O)c1ccc(C(=O)OCCCCCCCC)cc1.CCCCCCCCc1c(C(=O)O)ccc(C(=O)O)c1CCCCCCCC. The molecular weight excluding hydrogens is 705 g/mol. The molecule has 316 valence electrons. The summed E-state index contributed by atoms with van der Waals surface area (Å²) in [6.07, 6.45) is 28.7. The van der Waals surface area contributed by atoms with E-state index in [1.165, 1.54) is 102 Å². The molecule has 56 heavy (non-hydrogen) atoms. The zero-order chi connectivity index (χ0) is 41.2. The minimum absolute atomic E-state index is 0.277. The highest BCUT2D eigenvalue weighted by molar-refractivity contribution is 5.95. The Hall–Kier alpha value is -3.68. The zero-order valence-electron chi connectivity index (χ0n) is 35.6. The van der Waals surface area contributed by atoms with Gasteiger partial charge < -0.3 is 19.7 Å². The Morgan fingerprint density at radius 1 is 0.393 bits per heavy atom. The average Bonchev–Trinajstić information content (AvgIpc) is 3.19. The predicted molar refractivity (Wildman–Crippen MR) is 228 cm³/mol. The number of carbonyl (C=O) groups is 4. The molecule has 0 saturated carbocycles. The molecule has 0 atom stereocenters. The van der Waals surface area contributed by atoms with Crippen molar-refractivity contribution in [3.8, 4) is 0 Å². The number of ether oxygens (including phenoxy) is 2. The molecule has 0 aliphatic rings. The Labute approximate surface area is 339 Å². The number of rotatable bonds is 32. The van der Waals surface area contributed by atoms with Crippen molar-refractivity contribution in [3.63, 3.8) is 0 Å². The smallest absolute Gasteiger partial charge is 0.338 e. The maximum Gasteiger partial charge on any atom is 0.338 e. The van der Waals surface area contributed by atoms with E-state index >= 15 is 0 Å². The Morgan fingerprint density at radius 2 is 0.661 bits per heavy atom. The number of aromatic carboxylic acids is 2. The van der Waals surface area contributed by atoms with Crippen molar-refractivity contribution in [2.75, 3.05) is 13.2 Å². The summed E-state index contributed by atoms with van der Waals surface area (Å²) in [6, 6.07) is 9.47. The first-order valence-electron chi connectivity index (χ1n) is 22.3. The van der Waals surface area contributed by atoms with Gasteiger partial charge in [-0.25, -0.2) is 19.2 Å². The molecule has 0 aliphatic carbocycles. The van der Waals surface area contributed by atoms with Crippen LogP contribution in [0.15, 0.2) is 36.4 Å². The van der Waals surface area contributed by atoms with Crippen LogP contribution < -0.4 is 0 Å². The Bertz CT molecular complexity index is 1250. The predicted octanol–water partition coefficient (Wildman–Crippen LogP) is 13.6. The fraction of sp³-hybridized carbons (Fsp3) is 0.667. The number of carboxylic acids is 2. The second-order valence-corrected chi connectivity index (χ2v) is 15.1. The van der Waals surface area contributed by atoms with Gasteiger partial charge in [0, 0.05) is 0 Å². The van der Waals surface area contributed by atoms with E-state index in [0.29, 0.717) is 37.2 Å². The first-order chi connectivity index (χ1) is 27.2. The van der Waals surface area contributed by atoms with E-state index in [-0.39, 0.29) is 23.1 Å². The lowest BCUT2D eigenvalue weighted by molar-refractivity contribution is 0.0483. The fourth-order valence-electron chi connectivity index (χ4n) is 6.83. The molecule has 8 nitrogen and oxygen atoms in total. The van der Waals surface area contributed by atoms with Crippen LogP contribution in [-0.4, -0.2) is 47.3 Å². The van der Waals surface area contributed by atoms with Crippen LogP contribution in [0.3, 0.4) is 0 Å². The maximum absolute atomic E-state index is 12.0. The Balaban J connectivity index is 0.000000560. The van der Waals surface area contributed by atoms with Gasteiger partial charge in [0.15, 0.2) is 0 Å². The van der Waals surface area contributed by atoms with Gasteiger partial charge in [0.25, 0.3) is 0 Å². The Kier molecular flexibility index (Phi) is 30.1. The summed E-state index contributed by atoms with van der Waals surface area (Å²) >= 11 is 0. The highest BCUT2D eigenvalue weighted by Gasteiger charge is 2.20. The van der Waals surface area contributed by atoms with Crippen LogP contribution in [0.4, 0.5) is 0 Å². The van der Waals surface area contributed by atoms with Crippen LogP contribution in [0.25, 0.3) is 0 Å². The van der Waals surface area contributed by atoms with Crippen molar-refractivity contribution in [1.82, 2.24) is 0 Å². The molecule has 0 radical (unpaired) electrons. The lowest BCUT2D eigenvalue weighted by atomic mass is 9.88. The van der Waals surface area contributed by atoms with Crippen LogP contribution in [0.1, 0.15) is 234 Å². The van der Waals surface area contributed by atoms with Crippen LogP contribution in [-0.2, 0) is 22.3 Å². The molecule has 0 saturated heterocycles. The van der Waals surface area contributed by atoms with Gasteiger partial charge >= 0.3 is 23.9 Å². The highest BCUT2D eigenvalue weighted by atomic mass is 16.5. The first kappa shape index (κ1) is 50.3. The minimum atomic E-state index is -0.956. The lowest BCUT2D eigenvalue weighted by Gasteiger charge is -2.16. The highest BCUT2D eigenvalue weighted by Crippen LogP contribution is 2.25. The summed E-state index contributed by atoms with van der Waals surface area (Å²) in [6.45, 7) is 9.67. The number of carbonyl (C=O) groups excluding carboxylic acids is 2. The normalized spacial score (nSPS) is 10.8. The zero-order valence-corrected chi connectivity index (χ0v) is 35.6. The third-order valence-electron chi connectivity index (χ3n) is 10.3. The molecule has 0 bridgehead atoms. The molecule has 8 heteroatoms. The summed E-state index contributed by atoms with van der Waals surface area (Å²) in [5.41, 5.74) is 2.99. The lowest BCUT2D eigenvalue weighted by Crippen LogP contribution is -2.12. The maximum atomic E-state index is 12.0. The third kappa shape index (κ3) is 22.8. The summed E-state index contributed by atoms with van der Waals surface area (Å²) < 4.78 is 10.6. The quantitative estimate of drug-likeness (QED) is 0.0555. The minimum Gasteiger partial charge on any atom is -0.478 e. The summed E-state index contributed by atoms with van der Waals surface area (Å²) in [7, 11) is 0. The topological polar surface area (TPSA) is 127 Å². The molecule has 2 rings (SSSR count). The van der Waals surface area contributed by atoms with E-state index in [4.69, 9.17) is 9.47 Å². The van der Waals surface area contributed by atoms with Gasteiger partial charge in [-0.1, -0.05) is 156 Å². The molecule has 2 aromatic rings. The number of benzene rings is 2. The molecule has 0 heterocycles. The van der Waals surface area contributed by atoms with Crippen molar-refractivity contribution >= 4 is 23.9 Å². The van der Waals surface area contributed by atoms with Gasteiger partial charge in [0.1, 0.15) is 0 Å². The Morgan fingerprint density at radius 3 is 0.946 bits per heavy atom. The second-order valence-electron chi connectivity index (χ2n) is 15.1.